The lowest BCUT2D eigenvalue weighted by atomic mass is 9.96. The third-order valence-corrected chi connectivity index (χ3v) is 6.22. The van der Waals surface area contributed by atoms with E-state index in [-0.39, 0.29) is 5.82 Å². The van der Waals surface area contributed by atoms with E-state index in [0.29, 0.717) is 16.2 Å². The Morgan fingerprint density at radius 1 is 0.931 bits per heavy atom. The maximum absolute atomic E-state index is 14.4. The fraction of sp³-hybridized carbons (Fsp3) is 0.0455. The van der Waals surface area contributed by atoms with Gasteiger partial charge >= 0.3 is 0 Å². The van der Waals surface area contributed by atoms with Crippen LogP contribution < -0.4 is 0 Å². The van der Waals surface area contributed by atoms with E-state index < -0.39 is 0 Å². The number of aromatic nitrogens is 4. The van der Waals surface area contributed by atoms with E-state index in [9.17, 15) is 4.39 Å². The Kier molecular flexibility index (Phi) is 4.58. The Hall–Kier alpha value is -3.09. The molecule has 7 heteroatoms. The van der Waals surface area contributed by atoms with Crippen LogP contribution in [0.2, 0.25) is 5.02 Å². The molecule has 0 aliphatic carbocycles. The predicted molar refractivity (Wildman–Crippen MR) is 115 cm³/mol. The second-order valence-corrected chi connectivity index (χ2v) is 8.21. The summed E-state index contributed by atoms with van der Waals surface area (Å²) < 4.78 is 14.4. The molecule has 0 radical (unpaired) electrons. The quantitative estimate of drug-likeness (QED) is 0.380. The topological polar surface area (TPSA) is 54.5 Å². The van der Waals surface area contributed by atoms with Gasteiger partial charge in [0.05, 0.1) is 4.88 Å². The summed E-state index contributed by atoms with van der Waals surface area (Å²) in [6, 6.07) is 20.8. The van der Waals surface area contributed by atoms with Crippen LogP contribution in [0.25, 0.3) is 32.6 Å². The van der Waals surface area contributed by atoms with Gasteiger partial charge in [0.15, 0.2) is 5.82 Å². The van der Waals surface area contributed by atoms with E-state index in [1.165, 1.54) is 6.07 Å². The maximum atomic E-state index is 14.4. The van der Waals surface area contributed by atoms with Crippen molar-refractivity contribution in [1.82, 2.24) is 20.6 Å². The average molecular weight is 421 g/mol. The van der Waals surface area contributed by atoms with Crippen molar-refractivity contribution in [3.05, 3.63) is 88.0 Å². The van der Waals surface area contributed by atoms with Gasteiger partial charge in [-0.05, 0) is 56.8 Å². The summed E-state index contributed by atoms with van der Waals surface area (Å²) in [6.07, 6.45) is 0.727. The highest BCUT2D eigenvalue weighted by Gasteiger charge is 2.17. The van der Waals surface area contributed by atoms with Crippen molar-refractivity contribution in [2.24, 2.45) is 0 Å². The van der Waals surface area contributed by atoms with Gasteiger partial charge in [0.1, 0.15) is 5.82 Å². The maximum Gasteiger partial charge on any atom is 0.189 e. The lowest BCUT2D eigenvalue weighted by Crippen LogP contribution is -1.89. The molecule has 0 aliphatic heterocycles. The molecule has 5 aromatic rings. The van der Waals surface area contributed by atoms with Crippen LogP contribution in [0.3, 0.4) is 0 Å². The molecule has 0 unspecified atom stereocenters. The molecule has 0 fully saturated rings. The van der Waals surface area contributed by atoms with Crippen molar-refractivity contribution in [2.45, 2.75) is 6.42 Å². The van der Waals surface area contributed by atoms with Crippen molar-refractivity contribution >= 4 is 33.7 Å². The molecule has 0 aliphatic rings. The molecule has 2 aromatic heterocycles. The van der Waals surface area contributed by atoms with Gasteiger partial charge < -0.3 is 0 Å². The zero-order valence-electron chi connectivity index (χ0n) is 15.1. The summed E-state index contributed by atoms with van der Waals surface area (Å²) in [6.45, 7) is 0. The van der Waals surface area contributed by atoms with Crippen LogP contribution in [-0.2, 0) is 6.42 Å². The van der Waals surface area contributed by atoms with Gasteiger partial charge in [-0.25, -0.2) is 9.49 Å². The van der Waals surface area contributed by atoms with E-state index in [1.807, 2.05) is 48.5 Å². The number of benzene rings is 3. The highest BCUT2D eigenvalue weighted by atomic mass is 35.5. The summed E-state index contributed by atoms with van der Waals surface area (Å²) >= 11 is 7.66. The Morgan fingerprint density at radius 3 is 2.48 bits per heavy atom. The minimum atomic E-state index is -0.224. The van der Waals surface area contributed by atoms with Gasteiger partial charge in [-0.15, -0.1) is 16.4 Å². The number of tetrazole rings is 1. The minimum absolute atomic E-state index is 0.224. The Bertz CT molecular complexity index is 1300. The van der Waals surface area contributed by atoms with Crippen molar-refractivity contribution in [3.63, 3.8) is 0 Å². The molecular weight excluding hydrogens is 407 g/mol. The van der Waals surface area contributed by atoms with E-state index in [2.05, 4.69) is 26.7 Å². The van der Waals surface area contributed by atoms with Gasteiger partial charge in [0.25, 0.3) is 0 Å². The Labute approximate surface area is 175 Å². The van der Waals surface area contributed by atoms with Gasteiger partial charge in [-0.2, -0.15) is 0 Å². The SMILES string of the molecule is Fc1ccc(-c2cc(-c3nnn[nH]3)sc2Cc2ccc(Cl)cc2)c2ccccc12. The van der Waals surface area contributed by atoms with E-state index in [4.69, 9.17) is 11.6 Å². The zero-order valence-corrected chi connectivity index (χ0v) is 16.6. The van der Waals surface area contributed by atoms with Crippen molar-refractivity contribution in [2.75, 3.05) is 0 Å². The monoisotopic (exact) mass is 420 g/mol. The zero-order chi connectivity index (χ0) is 19.8. The first kappa shape index (κ1) is 18.0. The fourth-order valence-electron chi connectivity index (χ4n) is 3.45. The number of rotatable bonds is 4. The molecule has 4 nitrogen and oxygen atoms in total. The molecule has 0 amide bonds. The number of halogens is 2. The van der Waals surface area contributed by atoms with Crippen LogP contribution in [0.15, 0.2) is 66.7 Å². The Morgan fingerprint density at radius 2 is 1.72 bits per heavy atom. The van der Waals surface area contributed by atoms with Crippen LogP contribution in [0, 0.1) is 5.82 Å². The lowest BCUT2D eigenvalue weighted by molar-refractivity contribution is 0.640. The number of nitrogens with one attached hydrogen (secondary N) is 1. The molecule has 1 N–H and O–H groups in total. The molecule has 2 heterocycles. The molecule has 0 atom stereocenters. The predicted octanol–water partition coefficient (Wildman–Crippen LogP) is 6.13. The van der Waals surface area contributed by atoms with Crippen molar-refractivity contribution in [3.8, 4) is 21.8 Å². The number of fused-ring (bicyclic) bond motifs is 1. The number of nitrogens with zero attached hydrogens (tertiary/aromatic N) is 3. The number of hydrogen-bond acceptors (Lipinski definition) is 4. The summed E-state index contributed by atoms with van der Waals surface area (Å²) in [5, 5.41) is 16.4. The largest absolute Gasteiger partial charge is 0.238 e. The average Bonchev–Trinajstić information content (AvgIpc) is 3.41. The first-order chi connectivity index (χ1) is 14.2. The number of thiophene rings is 1. The molecule has 5 rings (SSSR count). The number of hydrogen-bond donors (Lipinski definition) is 1. The van der Waals surface area contributed by atoms with Crippen LogP contribution in [0.5, 0.6) is 0 Å². The second kappa shape index (κ2) is 7.39. The standard InChI is InChI=1S/C22H14ClFN4S/c23-14-7-5-13(6-8-14)11-20-18(12-21(29-20)22-25-27-28-26-22)16-9-10-19(24)17-4-2-1-3-15(16)17/h1-10,12H,11H2,(H,25,26,27,28). The van der Waals surface area contributed by atoms with E-state index in [0.717, 1.165) is 38.3 Å². The smallest absolute Gasteiger partial charge is 0.189 e. The molecule has 142 valence electrons. The molecule has 0 bridgehead atoms. The third kappa shape index (κ3) is 3.41. The van der Waals surface area contributed by atoms with E-state index in [1.54, 1.807) is 17.4 Å². The lowest BCUT2D eigenvalue weighted by Gasteiger charge is -2.09. The number of aromatic amines is 1. The molecule has 3 aromatic carbocycles. The number of H-pyrrole nitrogens is 1. The molecular formula is C22H14ClFN4S. The highest BCUT2D eigenvalue weighted by molar-refractivity contribution is 7.16. The molecule has 0 saturated carbocycles. The van der Waals surface area contributed by atoms with Crippen molar-refractivity contribution in [1.29, 1.82) is 0 Å². The fourth-order valence-corrected chi connectivity index (χ4v) is 4.72. The first-order valence-corrected chi connectivity index (χ1v) is 10.2. The summed E-state index contributed by atoms with van der Waals surface area (Å²) in [4.78, 5) is 2.08. The molecule has 0 saturated heterocycles. The normalized spacial score (nSPS) is 11.2. The van der Waals surface area contributed by atoms with E-state index >= 15 is 0 Å². The van der Waals surface area contributed by atoms with Crippen LogP contribution >= 0.6 is 22.9 Å². The Balaban J connectivity index is 1.69. The summed E-state index contributed by atoms with van der Waals surface area (Å²) in [5.41, 5.74) is 3.18. The summed E-state index contributed by atoms with van der Waals surface area (Å²) in [7, 11) is 0. The van der Waals surface area contributed by atoms with Gasteiger partial charge in [-0.3, -0.25) is 0 Å². The molecule has 0 spiro atoms. The van der Waals surface area contributed by atoms with Gasteiger partial charge in [-0.1, -0.05) is 54.1 Å². The van der Waals surface area contributed by atoms with Gasteiger partial charge in [0, 0.05) is 21.7 Å². The van der Waals surface area contributed by atoms with Crippen LogP contribution in [0.4, 0.5) is 4.39 Å². The highest BCUT2D eigenvalue weighted by Crippen LogP contribution is 2.40. The second-order valence-electron chi connectivity index (χ2n) is 6.64. The first-order valence-electron chi connectivity index (χ1n) is 8.98. The molecule has 29 heavy (non-hydrogen) atoms. The minimum Gasteiger partial charge on any atom is -0.238 e. The summed E-state index contributed by atoms with van der Waals surface area (Å²) in [5.74, 6) is 0.392. The van der Waals surface area contributed by atoms with Crippen LogP contribution in [0.1, 0.15) is 10.4 Å². The van der Waals surface area contributed by atoms with Gasteiger partial charge in [0.2, 0.25) is 0 Å². The third-order valence-electron chi connectivity index (χ3n) is 4.83. The van der Waals surface area contributed by atoms with Crippen molar-refractivity contribution < 1.29 is 4.39 Å². The van der Waals surface area contributed by atoms with Crippen LogP contribution in [-0.4, -0.2) is 20.6 Å².